The van der Waals surface area contributed by atoms with Gasteiger partial charge in [-0.2, -0.15) is 5.26 Å². The monoisotopic (exact) mass is 322 g/mol. The van der Waals surface area contributed by atoms with Gasteiger partial charge in [0.15, 0.2) is 11.7 Å². The van der Waals surface area contributed by atoms with Gasteiger partial charge in [-0.05, 0) is 41.3 Å². The summed E-state index contributed by atoms with van der Waals surface area (Å²) < 4.78 is 13.1. The Bertz CT molecular complexity index is 866. The number of carbonyl (C=O) groups is 1. The molecule has 0 amide bonds. The molecule has 23 heavy (non-hydrogen) atoms. The van der Waals surface area contributed by atoms with Crippen molar-refractivity contribution < 1.29 is 9.18 Å². The number of halogens is 1. The van der Waals surface area contributed by atoms with Crippen molar-refractivity contribution in [1.82, 2.24) is 4.98 Å². The molecule has 0 aliphatic heterocycles. The minimum atomic E-state index is -0.950. The van der Waals surface area contributed by atoms with Crippen LogP contribution in [0.3, 0.4) is 0 Å². The van der Waals surface area contributed by atoms with Crippen molar-refractivity contribution in [3.63, 3.8) is 0 Å². The topological polar surface area (TPSA) is 53.8 Å². The fraction of sp³-hybridized carbons (Fsp3) is 0.0556. The number of ketones is 1. The lowest BCUT2D eigenvalue weighted by Gasteiger charge is -2.08. The van der Waals surface area contributed by atoms with E-state index in [1.54, 1.807) is 48.0 Å². The highest BCUT2D eigenvalue weighted by atomic mass is 32.1. The predicted octanol–water partition coefficient (Wildman–Crippen LogP) is 4.44. The molecule has 112 valence electrons. The number of hydrogen-bond acceptors (Lipinski definition) is 4. The Morgan fingerprint density at radius 1 is 1.17 bits per heavy atom. The first kappa shape index (κ1) is 15.1. The van der Waals surface area contributed by atoms with Crippen molar-refractivity contribution >= 4 is 17.1 Å². The summed E-state index contributed by atoms with van der Waals surface area (Å²) in [7, 11) is 0. The normalized spacial score (nSPS) is 11.7. The second-order valence-electron chi connectivity index (χ2n) is 4.85. The van der Waals surface area contributed by atoms with Crippen LogP contribution in [0.25, 0.3) is 11.1 Å². The zero-order valence-electron chi connectivity index (χ0n) is 11.9. The molecule has 1 aromatic carbocycles. The van der Waals surface area contributed by atoms with Crippen LogP contribution in [0.5, 0.6) is 0 Å². The van der Waals surface area contributed by atoms with Gasteiger partial charge in [0.2, 0.25) is 0 Å². The van der Waals surface area contributed by atoms with Gasteiger partial charge in [0.1, 0.15) is 5.82 Å². The number of benzene rings is 1. The van der Waals surface area contributed by atoms with Crippen molar-refractivity contribution in [2.75, 3.05) is 0 Å². The molecule has 0 radical (unpaired) electrons. The van der Waals surface area contributed by atoms with Gasteiger partial charge in [0.25, 0.3) is 0 Å². The average molecular weight is 322 g/mol. The second kappa shape index (κ2) is 6.51. The van der Waals surface area contributed by atoms with Crippen molar-refractivity contribution in [3.05, 3.63) is 76.5 Å². The third kappa shape index (κ3) is 3.03. The number of carbonyl (C=O) groups excluding carboxylic acids is 1. The SMILES string of the molecule is N#C[C@@H](C(=O)c1sccc1-c1ccc(F)cc1)c1ccccn1. The number of nitriles is 1. The van der Waals surface area contributed by atoms with Crippen LogP contribution in [0, 0.1) is 17.1 Å². The Hall–Kier alpha value is -2.84. The first-order valence-corrected chi connectivity index (χ1v) is 7.77. The van der Waals surface area contributed by atoms with Crippen molar-refractivity contribution in [2.45, 2.75) is 5.92 Å². The molecule has 2 heterocycles. The molecule has 0 saturated heterocycles. The maximum absolute atomic E-state index is 13.1. The van der Waals surface area contributed by atoms with Gasteiger partial charge in [-0.1, -0.05) is 18.2 Å². The van der Waals surface area contributed by atoms with Crippen LogP contribution in [0.15, 0.2) is 60.1 Å². The van der Waals surface area contributed by atoms with E-state index in [1.165, 1.54) is 23.5 Å². The molecular formula is C18H11FN2OS. The Balaban J connectivity index is 1.99. The molecule has 0 bridgehead atoms. The van der Waals surface area contributed by atoms with Gasteiger partial charge in [-0.3, -0.25) is 9.78 Å². The van der Waals surface area contributed by atoms with E-state index in [1.807, 2.05) is 6.07 Å². The molecule has 0 unspecified atom stereocenters. The lowest BCUT2D eigenvalue weighted by Crippen LogP contribution is -2.12. The molecule has 0 aliphatic carbocycles. The molecule has 1 atom stereocenters. The van der Waals surface area contributed by atoms with Crippen LogP contribution >= 0.6 is 11.3 Å². The maximum atomic E-state index is 13.1. The van der Waals surface area contributed by atoms with Gasteiger partial charge in [-0.15, -0.1) is 11.3 Å². The van der Waals surface area contributed by atoms with Crippen LogP contribution < -0.4 is 0 Å². The highest BCUT2D eigenvalue weighted by Crippen LogP contribution is 2.32. The third-order valence-electron chi connectivity index (χ3n) is 3.42. The van der Waals surface area contributed by atoms with E-state index in [2.05, 4.69) is 4.98 Å². The molecule has 2 aromatic heterocycles. The number of rotatable bonds is 4. The van der Waals surface area contributed by atoms with Crippen molar-refractivity contribution in [2.24, 2.45) is 0 Å². The fourth-order valence-electron chi connectivity index (χ4n) is 2.29. The van der Waals surface area contributed by atoms with Crippen LogP contribution in [0.1, 0.15) is 21.3 Å². The van der Waals surface area contributed by atoms with E-state index < -0.39 is 5.92 Å². The lowest BCUT2D eigenvalue weighted by atomic mass is 9.96. The van der Waals surface area contributed by atoms with Crippen molar-refractivity contribution in [3.8, 4) is 17.2 Å². The van der Waals surface area contributed by atoms with Gasteiger partial charge in [0.05, 0.1) is 16.6 Å². The first-order chi connectivity index (χ1) is 11.2. The molecule has 0 N–H and O–H groups in total. The molecule has 5 heteroatoms. The van der Waals surface area contributed by atoms with E-state index in [9.17, 15) is 14.4 Å². The molecule has 3 nitrogen and oxygen atoms in total. The Labute approximate surface area is 136 Å². The molecular weight excluding hydrogens is 311 g/mol. The number of thiophene rings is 1. The quantitative estimate of drug-likeness (QED) is 0.667. The minimum Gasteiger partial charge on any atom is -0.291 e. The predicted molar refractivity (Wildman–Crippen MR) is 86.6 cm³/mol. The summed E-state index contributed by atoms with van der Waals surface area (Å²) in [6.45, 7) is 0. The van der Waals surface area contributed by atoms with E-state index in [0.717, 1.165) is 5.56 Å². The highest BCUT2D eigenvalue weighted by Gasteiger charge is 2.26. The number of pyridine rings is 1. The summed E-state index contributed by atoms with van der Waals surface area (Å²) in [5.41, 5.74) is 1.88. The minimum absolute atomic E-state index is 0.291. The van der Waals surface area contributed by atoms with E-state index >= 15 is 0 Å². The summed E-state index contributed by atoms with van der Waals surface area (Å²) in [6, 6.07) is 14.9. The van der Waals surface area contributed by atoms with Crippen LogP contribution in [0.4, 0.5) is 4.39 Å². The summed E-state index contributed by atoms with van der Waals surface area (Å²) >= 11 is 1.27. The third-order valence-corrected chi connectivity index (χ3v) is 4.35. The zero-order valence-corrected chi connectivity index (χ0v) is 12.8. The van der Waals surface area contributed by atoms with Gasteiger partial charge < -0.3 is 0 Å². The van der Waals surface area contributed by atoms with Crippen molar-refractivity contribution in [1.29, 1.82) is 5.26 Å². The molecule has 0 saturated carbocycles. The Kier molecular flexibility index (Phi) is 4.26. The number of nitrogens with zero attached hydrogens (tertiary/aromatic N) is 2. The summed E-state index contributed by atoms with van der Waals surface area (Å²) in [5.74, 6) is -1.57. The second-order valence-corrected chi connectivity index (χ2v) is 5.77. The number of Topliss-reactive ketones (excluding diaryl/α,β-unsaturated/α-hetero) is 1. The molecule has 0 spiro atoms. The van der Waals surface area contributed by atoms with Gasteiger partial charge in [-0.25, -0.2) is 4.39 Å². The van der Waals surface area contributed by atoms with Crippen LogP contribution in [-0.2, 0) is 0 Å². The van der Waals surface area contributed by atoms with Crippen LogP contribution in [0.2, 0.25) is 0 Å². The van der Waals surface area contributed by atoms with E-state index in [-0.39, 0.29) is 11.6 Å². The number of hydrogen-bond donors (Lipinski definition) is 0. The average Bonchev–Trinajstić information content (AvgIpc) is 3.07. The zero-order chi connectivity index (χ0) is 16.2. The van der Waals surface area contributed by atoms with E-state index in [4.69, 9.17) is 0 Å². The first-order valence-electron chi connectivity index (χ1n) is 6.89. The molecule has 0 fully saturated rings. The summed E-state index contributed by atoms with van der Waals surface area (Å²) in [5, 5.41) is 11.2. The number of aromatic nitrogens is 1. The summed E-state index contributed by atoms with van der Waals surface area (Å²) in [6.07, 6.45) is 1.56. The largest absolute Gasteiger partial charge is 0.291 e. The molecule has 0 aliphatic rings. The van der Waals surface area contributed by atoms with Gasteiger partial charge >= 0.3 is 0 Å². The molecule has 3 rings (SSSR count). The smallest absolute Gasteiger partial charge is 0.196 e. The maximum Gasteiger partial charge on any atom is 0.196 e. The Morgan fingerprint density at radius 2 is 1.96 bits per heavy atom. The standard InChI is InChI=1S/C18H11FN2OS/c19-13-6-4-12(5-7-13)14-8-10-23-18(14)17(22)15(11-20)16-3-1-2-9-21-16/h1-10,15H/t15-/m1/s1. The Morgan fingerprint density at radius 3 is 2.61 bits per heavy atom. The molecule has 3 aromatic rings. The highest BCUT2D eigenvalue weighted by molar-refractivity contribution is 7.12. The lowest BCUT2D eigenvalue weighted by molar-refractivity contribution is 0.0982. The van der Waals surface area contributed by atoms with E-state index in [0.29, 0.717) is 16.1 Å². The fourth-order valence-corrected chi connectivity index (χ4v) is 3.18. The summed E-state index contributed by atoms with van der Waals surface area (Å²) in [4.78, 5) is 17.4. The van der Waals surface area contributed by atoms with Crippen LogP contribution in [-0.4, -0.2) is 10.8 Å². The van der Waals surface area contributed by atoms with Gasteiger partial charge in [0, 0.05) is 11.8 Å².